The average Bonchev–Trinajstić information content (AvgIpc) is 3.34. The number of amides is 1. The summed E-state index contributed by atoms with van der Waals surface area (Å²) in [5.74, 6) is -2.91. The van der Waals surface area contributed by atoms with E-state index in [9.17, 15) is 19.1 Å². The van der Waals surface area contributed by atoms with Gasteiger partial charge >= 0.3 is 0 Å². The van der Waals surface area contributed by atoms with E-state index in [-0.39, 0.29) is 23.4 Å². The standard InChI is InChI=1S/C25H16ClFN2O4/c26-16-5-6-19-15(11-16)12-20(33-19)23(30)21-22(17-3-1-2-4-18(17)27)29(25(32)24(21)31)13-14-7-9-28-10-8-14/h1-12,22,31H,13H2. The maximum absolute atomic E-state index is 14.9. The number of aromatic nitrogens is 1. The Morgan fingerprint density at radius 3 is 2.64 bits per heavy atom. The molecule has 1 aliphatic rings. The van der Waals surface area contributed by atoms with E-state index in [0.29, 0.717) is 21.6 Å². The Labute approximate surface area is 192 Å². The van der Waals surface area contributed by atoms with Crippen molar-refractivity contribution in [1.82, 2.24) is 9.88 Å². The lowest BCUT2D eigenvalue weighted by molar-refractivity contribution is -0.130. The van der Waals surface area contributed by atoms with Gasteiger partial charge < -0.3 is 14.4 Å². The first kappa shape index (κ1) is 20.9. The highest BCUT2D eigenvalue weighted by molar-refractivity contribution is 6.31. The molecule has 4 aromatic rings. The summed E-state index contributed by atoms with van der Waals surface area (Å²) in [6.07, 6.45) is 3.12. The van der Waals surface area contributed by atoms with Crippen LogP contribution >= 0.6 is 11.6 Å². The quantitative estimate of drug-likeness (QED) is 0.401. The van der Waals surface area contributed by atoms with Crippen LogP contribution in [0.3, 0.4) is 0 Å². The fourth-order valence-electron chi connectivity index (χ4n) is 4.01. The van der Waals surface area contributed by atoms with Gasteiger partial charge in [-0.2, -0.15) is 0 Å². The van der Waals surface area contributed by atoms with Crippen molar-refractivity contribution < 1.29 is 23.5 Å². The van der Waals surface area contributed by atoms with Gasteiger partial charge in [-0.15, -0.1) is 0 Å². The van der Waals surface area contributed by atoms with E-state index >= 15 is 0 Å². The van der Waals surface area contributed by atoms with Crippen LogP contribution in [0.5, 0.6) is 0 Å². The summed E-state index contributed by atoms with van der Waals surface area (Å²) >= 11 is 6.02. The van der Waals surface area contributed by atoms with Crippen molar-refractivity contribution in [3.63, 3.8) is 0 Å². The predicted molar refractivity (Wildman–Crippen MR) is 119 cm³/mol. The van der Waals surface area contributed by atoms with Gasteiger partial charge in [-0.3, -0.25) is 14.6 Å². The number of Topliss-reactive ketones (excluding diaryl/α,β-unsaturated/α-hetero) is 1. The van der Waals surface area contributed by atoms with E-state index in [0.717, 1.165) is 0 Å². The van der Waals surface area contributed by atoms with E-state index in [1.165, 1.54) is 29.2 Å². The lowest BCUT2D eigenvalue weighted by atomic mass is 9.94. The second kappa shape index (κ2) is 8.18. The van der Waals surface area contributed by atoms with Gasteiger partial charge in [0.05, 0.1) is 11.6 Å². The summed E-state index contributed by atoms with van der Waals surface area (Å²) < 4.78 is 20.5. The monoisotopic (exact) mass is 462 g/mol. The highest BCUT2D eigenvalue weighted by Gasteiger charge is 2.45. The molecule has 33 heavy (non-hydrogen) atoms. The Morgan fingerprint density at radius 2 is 1.88 bits per heavy atom. The number of nitrogens with zero attached hydrogens (tertiary/aromatic N) is 2. The number of ketones is 1. The zero-order valence-electron chi connectivity index (χ0n) is 17.0. The van der Waals surface area contributed by atoms with E-state index in [1.807, 2.05) is 0 Å². The number of furan rings is 1. The Balaban J connectivity index is 1.62. The van der Waals surface area contributed by atoms with Gasteiger partial charge in [-0.25, -0.2) is 4.39 Å². The van der Waals surface area contributed by atoms with E-state index in [1.54, 1.807) is 48.8 Å². The van der Waals surface area contributed by atoms with Gasteiger partial charge in [0.25, 0.3) is 5.91 Å². The molecule has 6 nitrogen and oxygen atoms in total. The Bertz CT molecular complexity index is 1430. The number of hydrogen-bond donors (Lipinski definition) is 1. The minimum Gasteiger partial charge on any atom is -0.503 e. The zero-order valence-corrected chi connectivity index (χ0v) is 17.8. The Hall–Kier alpha value is -3.97. The van der Waals surface area contributed by atoms with Crippen LogP contribution in [-0.2, 0) is 11.3 Å². The van der Waals surface area contributed by atoms with Crippen molar-refractivity contribution in [2.24, 2.45) is 0 Å². The van der Waals surface area contributed by atoms with Crippen LogP contribution in [0.1, 0.15) is 27.7 Å². The van der Waals surface area contributed by atoms with Crippen LogP contribution in [-0.4, -0.2) is 26.7 Å². The molecule has 0 saturated heterocycles. The third kappa shape index (κ3) is 3.66. The summed E-state index contributed by atoms with van der Waals surface area (Å²) in [5, 5.41) is 11.8. The van der Waals surface area contributed by atoms with Gasteiger partial charge in [0.2, 0.25) is 5.78 Å². The molecule has 1 atom stereocenters. The summed E-state index contributed by atoms with van der Waals surface area (Å²) in [6.45, 7) is 0.0386. The molecule has 1 aliphatic heterocycles. The van der Waals surface area contributed by atoms with Gasteiger partial charge in [-0.05, 0) is 48.0 Å². The molecule has 0 saturated carbocycles. The van der Waals surface area contributed by atoms with Gasteiger partial charge in [0, 0.05) is 34.9 Å². The smallest absolute Gasteiger partial charge is 0.290 e. The lowest BCUT2D eigenvalue weighted by Crippen LogP contribution is -2.31. The molecule has 164 valence electrons. The molecule has 1 N–H and O–H groups in total. The number of carbonyl (C=O) groups is 2. The van der Waals surface area contributed by atoms with Crippen LogP contribution in [0.4, 0.5) is 4.39 Å². The number of halogens is 2. The number of fused-ring (bicyclic) bond motifs is 1. The van der Waals surface area contributed by atoms with Gasteiger partial charge in [-0.1, -0.05) is 29.8 Å². The fraction of sp³-hybridized carbons (Fsp3) is 0.0800. The molecular weight excluding hydrogens is 447 g/mol. The summed E-state index contributed by atoms with van der Waals surface area (Å²) in [6, 6.07) is 14.5. The molecule has 1 amide bonds. The Morgan fingerprint density at radius 1 is 1.12 bits per heavy atom. The number of rotatable bonds is 5. The van der Waals surface area contributed by atoms with Crippen LogP contribution in [0.2, 0.25) is 5.02 Å². The van der Waals surface area contributed by atoms with Crippen LogP contribution in [0.25, 0.3) is 11.0 Å². The number of benzene rings is 2. The normalized spacial score (nSPS) is 16.1. The van der Waals surface area contributed by atoms with Crippen molar-refractivity contribution in [3.8, 4) is 0 Å². The third-order valence-corrected chi connectivity index (χ3v) is 5.79. The van der Waals surface area contributed by atoms with Gasteiger partial charge in [0.1, 0.15) is 11.4 Å². The molecular formula is C25H16ClFN2O4. The maximum atomic E-state index is 14.9. The number of carbonyl (C=O) groups excluding carboxylic acids is 2. The largest absolute Gasteiger partial charge is 0.503 e. The molecule has 0 fully saturated rings. The summed E-state index contributed by atoms with van der Waals surface area (Å²) in [5.41, 5.74) is 0.971. The molecule has 2 aromatic heterocycles. The van der Waals surface area contributed by atoms with Crippen LogP contribution in [0, 0.1) is 5.82 Å². The topological polar surface area (TPSA) is 83.6 Å². The highest BCUT2D eigenvalue weighted by atomic mass is 35.5. The molecule has 0 spiro atoms. The number of hydrogen-bond acceptors (Lipinski definition) is 5. The first-order chi connectivity index (χ1) is 15.9. The fourth-order valence-corrected chi connectivity index (χ4v) is 4.19. The van der Waals surface area contributed by atoms with Crippen LogP contribution in [0.15, 0.2) is 88.8 Å². The minimum absolute atomic E-state index is 0.0386. The molecule has 2 aromatic carbocycles. The number of aliphatic hydroxyl groups is 1. The Kier molecular flexibility index (Phi) is 5.18. The van der Waals surface area contributed by atoms with E-state index < -0.39 is 29.3 Å². The highest BCUT2D eigenvalue weighted by Crippen LogP contribution is 2.41. The molecule has 8 heteroatoms. The first-order valence-corrected chi connectivity index (χ1v) is 10.4. The lowest BCUT2D eigenvalue weighted by Gasteiger charge is -2.27. The van der Waals surface area contributed by atoms with Crippen molar-refractivity contribution in [1.29, 1.82) is 0 Å². The van der Waals surface area contributed by atoms with E-state index in [2.05, 4.69) is 4.98 Å². The third-order valence-electron chi connectivity index (χ3n) is 5.55. The second-order valence-electron chi connectivity index (χ2n) is 7.60. The van der Waals surface area contributed by atoms with Crippen molar-refractivity contribution in [2.45, 2.75) is 12.6 Å². The molecule has 5 rings (SSSR count). The summed E-state index contributed by atoms with van der Waals surface area (Å²) in [7, 11) is 0. The van der Waals surface area contributed by atoms with Crippen molar-refractivity contribution in [3.05, 3.63) is 112 Å². The zero-order chi connectivity index (χ0) is 23.1. The summed E-state index contributed by atoms with van der Waals surface area (Å²) in [4.78, 5) is 31.8. The molecule has 3 heterocycles. The molecule has 1 unspecified atom stereocenters. The van der Waals surface area contributed by atoms with Crippen molar-refractivity contribution >= 4 is 34.3 Å². The predicted octanol–water partition coefficient (Wildman–Crippen LogP) is 5.40. The second-order valence-corrected chi connectivity index (χ2v) is 8.03. The molecule has 0 bridgehead atoms. The van der Waals surface area contributed by atoms with E-state index in [4.69, 9.17) is 16.0 Å². The first-order valence-electron chi connectivity index (χ1n) is 10.1. The number of pyridine rings is 1. The molecule has 0 radical (unpaired) electrons. The SMILES string of the molecule is O=C(C1=C(O)C(=O)N(Cc2ccncc2)C1c1ccccc1F)c1cc2cc(Cl)ccc2o1. The van der Waals surface area contributed by atoms with Crippen LogP contribution < -0.4 is 0 Å². The average molecular weight is 463 g/mol. The minimum atomic E-state index is -1.14. The molecule has 0 aliphatic carbocycles. The van der Waals surface area contributed by atoms with Crippen molar-refractivity contribution in [2.75, 3.05) is 0 Å². The maximum Gasteiger partial charge on any atom is 0.290 e. The number of aliphatic hydroxyl groups excluding tert-OH is 1. The van der Waals surface area contributed by atoms with Gasteiger partial charge in [0.15, 0.2) is 11.5 Å².